The third-order valence-electron chi connectivity index (χ3n) is 2.56. The van der Waals surface area contributed by atoms with Crippen LogP contribution >= 0.6 is 0 Å². The lowest BCUT2D eigenvalue weighted by Crippen LogP contribution is -2.35. The minimum absolute atomic E-state index is 0.252. The highest BCUT2D eigenvalue weighted by Gasteiger charge is 2.26. The van der Waals surface area contributed by atoms with E-state index in [0.717, 1.165) is 17.4 Å². The number of nitrogens with zero attached hydrogens (tertiary/aromatic N) is 2. The predicted octanol–water partition coefficient (Wildman–Crippen LogP) is 0.707. The summed E-state index contributed by atoms with van der Waals surface area (Å²) in [4.78, 5) is 13.3. The first-order valence-electron chi connectivity index (χ1n) is 5.46. The Bertz CT molecular complexity index is 293. The molecule has 1 aliphatic rings. The monoisotopic (exact) mass is 209 g/mol. The van der Waals surface area contributed by atoms with Gasteiger partial charge in [0.2, 0.25) is 5.91 Å². The molecule has 0 bridgehead atoms. The number of amides is 1. The number of hydrogen-bond acceptors (Lipinski definition) is 1. The summed E-state index contributed by atoms with van der Waals surface area (Å²) in [6, 6.07) is 0.371. The van der Waals surface area contributed by atoms with Crippen LogP contribution in [-0.4, -0.2) is 55.6 Å². The predicted molar refractivity (Wildman–Crippen MR) is 61.1 cm³/mol. The number of quaternary nitrogens is 1. The smallest absolute Gasteiger partial charge is 0.223 e. The van der Waals surface area contributed by atoms with E-state index in [2.05, 4.69) is 39.9 Å². The van der Waals surface area contributed by atoms with Crippen molar-refractivity contribution in [1.29, 1.82) is 0 Å². The molecule has 0 aromatic rings. The summed E-state index contributed by atoms with van der Waals surface area (Å²) in [6.45, 7) is 3.52. The molecule has 0 aromatic carbocycles. The van der Waals surface area contributed by atoms with Gasteiger partial charge in [-0.3, -0.25) is 4.79 Å². The molecule has 3 heteroatoms. The number of carbonyl (C=O) groups excluding carboxylic acids is 1. The van der Waals surface area contributed by atoms with Crippen LogP contribution in [0.2, 0.25) is 0 Å². The van der Waals surface area contributed by atoms with E-state index in [4.69, 9.17) is 0 Å². The van der Waals surface area contributed by atoms with Crippen LogP contribution in [-0.2, 0) is 4.79 Å². The van der Waals surface area contributed by atoms with E-state index in [1.54, 1.807) is 0 Å². The molecule has 1 atom stereocenters. The second-order valence-electron chi connectivity index (χ2n) is 5.21. The van der Waals surface area contributed by atoms with Gasteiger partial charge in [-0.15, -0.1) is 0 Å². The highest BCUT2D eigenvalue weighted by Crippen LogP contribution is 2.16. The van der Waals surface area contributed by atoms with Gasteiger partial charge in [0.15, 0.2) is 0 Å². The van der Waals surface area contributed by atoms with Crippen molar-refractivity contribution in [2.45, 2.75) is 25.8 Å². The molecular weight excluding hydrogens is 188 g/mol. The van der Waals surface area contributed by atoms with Crippen molar-refractivity contribution >= 4 is 5.91 Å². The molecule has 1 aliphatic heterocycles. The summed E-state index contributed by atoms with van der Waals surface area (Å²) in [5.41, 5.74) is 0. The van der Waals surface area contributed by atoms with Crippen molar-refractivity contribution in [3.05, 3.63) is 0 Å². The normalized spacial score (nSPS) is 21.5. The molecule has 1 saturated heterocycles. The summed E-state index contributed by atoms with van der Waals surface area (Å²) >= 11 is 0. The first-order valence-corrected chi connectivity index (χ1v) is 5.46. The lowest BCUT2D eigenvalue weighted by Gasteiger charge is -2.20. The van der Waals surface area contributed by atoms with Crippen LogP contribution in [0.1, 0.15) is 19.8 Å². The first-order chi connectivity index (χ1) is 6.90. The zero-order chi connectivity index (χ0) is 11.5. The van der Waals surface area contributed by atoms with Crippen molar-refractivity contribution in [2.24, 2.45) is 0 Å². The Kier molecular flexibility index (Phi) is 3.76. The van der Waals surface area contributed by atoms with Gasteiger partial charge in [-0.1, -0.05) is 5.92 Å². The fourth-order valence-corrected chi connectivity index (χ4v) is 1.56. The third kappa shape index (κ3) is 3.93. The standard InChI is InChI=1S/C12H21N2O/c1-11-7-8-12(15)13(11)9-5-6-10-14(2,3)4/h11H,7-10H2,1-4H3/q+1/t11-/m1/s1. The van der Waals surface area contributed by atoms with Crippen molar-refractivity contribution in [1.82, 2.24) is 4.90 Å². The van der Waals surface area contributed by atoms with E-state index < -0.39 is 0 Å². The maximum Gasteiger partial charge on any atom is 0.223 e. The molecule has 3 nitrogen and oxygen atoms in total. The fourth-order valence-electron chi connectivity index (χ4n) is 1.56. The SMILES string of the molecule is C[C@@H]1CCC(=O)N1CC#CC[N+](C)(C)C. The Morgan fingerprint density at radius 1 is 1.40 bits per heavy atom. The number of rotatable bonds is 2. The topological polar surface area (TPSA) is 20.3 Å². The van der Waals surface area contributed by atoms with Gasteiger partial charge in [-0.05, 0) is 19.3 Å². The van der Waals surface area contributed by atoms with Gasteiger partial charge in [0.25, 0.3) is 0 Å². The summed E-state index contributed by atoms with van der Waals surface area (Å²) in [6.07, 6.45) is 1.67. The lowest BCUT2D eigenvalue weighted by atomic mass is 10.2. The van der Waals surface area contributed by atoms with Gasteiger partial charge < -0.3 is 9.38 Å². The van der Waals surface area contributed by atoms with E-state index in [9.17, 15) is 4.79 Å². The zero-order valence-corrected chi connectivity index (χ0v) is 10.2. The van der Waals surface area contributed by atoms with E-state index in [-0.39, 0.29) is 5.91 Å². The quantitative estimate of drug-likeness (QED) is 0.484. The van der Waals surface area contributed by atoms with Gasteiger partial charge >= 0.3 is 0 Å². The molecule has 84 valence electrons. The summed E-state index contributed by atoms with van der Waals surface area (Å²) in [5, 5.41) is 0. The van der Waals surface area contributed by atoms with Gasteiger partial charge in [-0.25, -0.2) is 0 Å². The summed E-state index contributed by atoms with van der Waals surface area (Å²) in [5.74, 6) is 6.46. The molecule has 1 rings (SSSR count). The van der Waals surface area contributed by atoms with Crippen molar-refractivity contribution in [3.63, 3.8) is 0 Å². The maximum atomic E-state index is 11.4. The lowest BCUT2D eigenvalue weighted by molar-refractivity contribution is -0.862. The molecule has 0 spiro atoms. The van der Waals surface area contributed by atoms with E-state index in [1.807, 2.05) is 4.90 Å². The fraction of sp³-hybridized carbons (Fsp3) is 0.750. The molecule has 1 heterocycles. The molecule has 1 fully saturated rings. The van der Waals surface area contributed by atoms with Gasteiger partial charge in [0, 0.05) is 12.5 Å². The van der Waals surface area contributed by atoms with Crippen molar-refractivity contribution < 1.29 is 9.28 Å². The van der Waals surface area contributed by atoms with Crippen LogP contribution in [0.3, 0.4) is 0 Å². The Morgan fingerprint density at radius 3 is 2.53 bits per heavy atom. The second-order valence-corrected chi connectivity index (χ2v) is 5.21. The molecule has 0 aromatic heterocycles. The second kappa shape index (κ2) is 4.67. The third-order valence-corrected chi connectivity index (χ3v) is 2.56. The van der Waals surface area contributed by atoms with Crippen molar-refractivity contribution in [3.8, 4) is 11.8 Å². The van der Waals surface area contributed by atoms with Crippen LogP contribution < -0.4 is 0 Å². The largest absolute Gasteiger partial charge is 0.329 e. The maximum absolute atomic E-state index is 11.4. The Balaban J connectivity index is 2.39. The molecule has 0 unspecified atom stereocenters. The molecule has 0 saturated carbocycles. The molecule has 1 amide bonds. The minimum atomic E-state index is 0.252. The molecule has 0 N–H and O–H groups in total. The highest BCUT2D eigenvalue weighted by atomic mass is 16.2. The first kappa shape index (κ1) is 12.1. The van der Waals surface area contributed by atoms with Crippen LogP contribution in [0, 0.1) is 11.8 Å². The summed E-state index contributed by atoms with van der Waals surface area (Å²) in [7, 11) is 6.33. The van der Waals surface area contributed by atoms with Crippen LogP contribution in [0.25, 0.3) is 0 Å². The van der Waals surface area contributed by atoms with E-state index in [1.165, 1.54) is 0 Å². The Morgan fingerprint density at radius 2 is 2.07 bits per heavy atom. The van der Waals surface area contributed by atoms with Crippen LogP contribution in [0.15, 0.2) is 0 Å². The minimum Gasteiger partial charge on any atom is -0.329 e. The summed E-state index contributed by atoms with van der Waals surface area (Å²) < 4.78 is 0.844. The van der Waals surface area contributed by atoms with Crippen LogP contribution in [0.5, 0.6) is 0 Å². The Labute approximate surface area is 92.6 Å². The van der Waals surface area contributed by atoms with Gasteiger partial charge in [0.05, 0.1) is 27.7 Å². The molecule has 0 radical (unpaired) electrons. The van der Waals surface area contributed by atoms with Gasteiger partial charge in [0.1, 0.15) is 6.54 Å². The molecule has 0 aliphatic carbocycles. The van der Waals surface area contributed by atoms with Crippen LogP contribution in [0.4, 0.5) is 0 Å². The number of carbonyl (C=O) groups is 1. The van der Waals surface area contributed by atoms with Crippen molar-refractivity contribution in [2.75, 3.05) is 34.2 Å². The highest BCUT2D eigenvalue weighted by molar-refractivity contribution is 5.78. The Hall–Kier alpha value is -1.01. The number of hydrogen-bond donors (Lipinski definition) is 0. The number of likely N-dealkylation sites (tertiary alicyclic amines) is 1. The molecule has 15 heavy (non-hydrogen) atoms. The average molecular weight is 209 g/mol. The van der Waals surface area contributed by atoms with Gasteiger partial charge in [-0.2, -0.15) is 0 Å². The van der Waals surface area contributed by atoms with E-state index in [0.29, 0.717) is 19.0 Å². The zero-order valence-electron chi connectivity index (χ0n) is 10.2. The van der Waals surface area contributed by atoms with E-state index >= 15 is 0 Å². The molecular formula is C12H21N2O+. The average Bonchev–Trinajstić information content (AvgIpc) is 2.40.